The lowest BCUT2D eigenvalue weighted by Crippen LogP contribution is -2.37. The van der Waals surface area contributed by atoms with E-state index in [4.69, 9.17) is 5.11 Å². The van der Waals surface area contributed by atoms with Gasteiger partial charge in [-0.1, -0.05) is 56.2 Å². The lowest BCUT2D eigenvalue weighted by atomic mass is 10.1. The Bertz CT molecular complexity index is 570. The maximum Gasteiger partial charge on any atom is 0.222 e. The Morgan fingerprint density at radius 1 is 0.906 bits per heavy atom. The molecule has 6 heteroatoms. The van der Waals surface area contributed by atoms with Crippen LogP contribution in [0.15, 0.2) is 36.5 Å². The van der Waals surface area contributed by atoms with Crippen LogP contribution in [0.1, 0.15) is 85.0 Å². The minimum atomic E-state index is -0.889. The minimum absolute atomic E-state index is 0.0948. The van der Waals surface area contributed by atoms with Crippen molar-refractivity contribution < 1.29 is 19.8 Å². The number of unbranched alkanes of at least 4 members (excludes halogenated alkanes) is 3. The van der Waals surface area contributed by atoms with Crippen LogP contribution in [0.25, 0.3) is 0 Å². The van der Waals surface area contributed by atoms with Crippen LogP contribution in [0.5, 0.6) is 0 Å². The van der Waals surface area contributed by atoms with Crippen LogP contribution in [0.4, 0.5) is 0 Å². The predicted octanol–water partition coefficient (Wildman–Crippen LogP) is 4.28. The monoisotopic (exact) mass is 450 g/mol. The van der Waals surface area contributed by atoms with Gasteiger partial charge in [-0.25, -0.2) is 0 Å². The third-order valence-electron chi connectivity index (χ3n) is 5.04. The zero-order valence-electron chi connectivity index (χ0n) is 20.5. The topological polar surface area (TPSA) is 89.9 Å². The summed E-state index contributed by atoms with van der Waals surface area (Å²) in [6, 6.07) is 0.248. The Labute approximate surface area is 195 Å². The molecule has 0 spiro atoms. The van der Waals surface area contributed by atoms with Gasteiger partial charge in [0.15, 0.2) is 0 Å². The summed E-state index contributed by atoms with van der Waals surface area (Å²) < 4.78 is 0. The van der Waals surface area contributed by atoms with E-state index in [-0.39, 0.29) is 31.0 Å². The summed E-state index contributed by atoms with van der Waals surface area (Å²) in [6.45, 7) is 6.85. The molecule has 0 aliphatic rings. The van der Waals surface area contributed by atoms with Gasteiger partial charge < -0.3 is 20.4 Å². The van der Waals surface area contributed by atoms with Crippen molar-refractivity contribution in [3.63, 3.8) is 0 Å². The van der Waals surface area contributed by atoms with Crippen molar-refractivity contribution >= 4 is 11.8 Å². The second-order valence-electron chi connectivity index (χ2n) is 8.34. The van der Waals surface area contributed by atoms with E-state index in [0.717, 1.165) is 57.9 Å². The first kappa shape index (κ1) is 30.1. The highest BCUT2D eigenvalue weighted by atomic mass is 16.3. The predicted molar refractivity (Wildman–Crippen MR) is 132 cm³/mol. The van der Waals surface area contributed by atoms with Crippen molar-refractivity contribution in [3.8, 4) is 0 Å². The Morgan fingerprint density at radius 3 is 2.12 bits per heavy atom. The molecule has 0 aromatic rings. The Balaban J connectivity index is 3.84. The molecule has 32 heavy (non-hydrogen) atoms. The molecule has 0 rings (SSSR count). The molecule has 1 atom stereocenters. The molecule has 0 aromatic heterocycles. The number of hydrogen-bond acceptors (Lipinski definition) is 4. The summed E-state index contributed by atoms with van der Waals surface area (Å²) in [5.41, 5.74) is 0. The van der Waals surface area contributed by atoms with Crippen molar-refractivity contribution in [2.24, 2.45) is 0 Å². The molecule has 0 aromatic carbocycles. The number of aliphatic hydroxyl groups excluding tert-OH is 2. The number of carbonyl (C=O) groups excluding carboxylic acids is 2. The fourth-order valence-corrected chi connectivity index (χ4v) is 3.10. The summed E-state index contributed by atoms with van der Waals surface area (Å²) in [6.07, 6.45) is 20.4. The average Bonchev–Trinajstić information content (AvgIpc) is 2.77. The second kappa shape index (κ2) is 21.0. The van der Waals surface area contributed by atoms with Crippen LogP contribution in [0.3, 0.4) is 0 Å². The van der Waals surface area contributed by atoms with Gasteiger partial charge in [-0.15, -0.1) is 0 Å². The first-order valence-electron chi connectivity index (χ1n) is 12.2. The highest BCUT2D eigenvalue weighted by Crippen LogP contribution is 2.08. The largest absolute Gasteiger partial charge is 0.394 e. The molecule has 0 saturated carbocycles. The third kappa shape index (κ3) is 17.7. The Hall–Kier alpha value is -1.92. The fraction of sp³-hybridized carbons (Fsp3) is 0.692. The van der Waals surface area contributed by atoms with E-state index in [2.05, 4.69) is 62.5 Å². The molecule has 6 nitrogen and oxygen atoms in total. The third-order valence-corrected chi connectivity index (χ3v) is 5.04. The van der Waals surface area contributed by atoms with Crippen LogP contribution in [0.2, 0.25) is 0 Å². The molecule has 0 aliphatic carbocycles. The number of hydrogen-bond donors (Lipinski definition) is 3. The molecule has 184 valence electrons. The molecule has 3 N–H and O–H groups in total. The van der Waals surface area contributed by atoms with Gasteiger partial charge >= 0.3 is 0 Å². The minimum Gasteiger partial charge on any atom is -0.394 e. The van der Waals surface area contributed by atoms with Gasteiger partial charge in [0, 0.05) is 32.0 Å². The molecule has 1 unspecified atom stereocenters. The summed E-state index contributed by atoms with van der Waals surface area (Å²) in [5, 5.41) is 20.5. The van der Waals surface area contributed by atoms with Crippen LogP contribution in [-0.4, -0.2) is 58.8 Å². The summed E-state index contributed by atoms with van der Waals surface area (Å²) in [4.78, 5) is 25.9. The van der Waals surface area contributed by atoms with Crippen molar-refractivity contribution in [2.45, 2.75) is 97.1 Å². The molecule has 0 bridgehead atoms. The van der Waals surface area contributed by atoms with Gasteiger partial charge in [0.1, 0.15) is 0 Å². The standard InChI is InChI=1S/C26H46N2O4/c1-4-5-15-19-26(32)28(23(2)3)20-17-14-12-10-8-6-7-9-11-13-16-18-25(31)27-21-24(30)22-29/h6,8-9,11-12,14,23-24,29-30H,4-5,7,10,13,15-22H2,1-3H3,(H,27,31)/b8-6-,11-9-,14-12-. The van der Waals surface area contributed by atoms with Crippen LogP contribution in [0, 0.1) is 0 Å². The summed E-state index contributed by atoms with van der Waals surface area (Å²) >= 11 is 0. The van der Waals surface area contributed by atoms with Gasteiger partial charge in [-0.3, -0.25) is 9.59 Å². The van der Waals surface area contributed by atoms with Crippen molar-refractivity contribution in [3.05, 3.63) is 36.5 Å². The molecule has 0 saturated heterocycles. The van der Waals surface area contributed by atoms with E-state index >= 15 is 0 Å². The molecule has 0 heterocycles. The van der Waals surface area contributed by atoms with E-state index in [0.29, 0.717) is 12.8 Å². The number of nitrogens with one attached hydrogen (secondary N) is 1. The fourth-order valence-electron chi connectivity index (χ4n) is 3.10. The number of carbonyl (C=O) groups is 2. The van der Waals surface area contributed by atoms with E-state index in [1.54, 1.807) is 0 Å². The number of aliphatic hydroxyl groups is 2. The summed E-state index contributed by atoms with van der Waals surface area (Å²) in [5.74, 6) is 0.171. The van der Waals surface area contributed by atoms with Gasteiger partial charge in [0.25, 0.3) is 0 Å². The normalized spacial score (nSPS) is 12.9. The van der Waals surface area contributed by atoms with E-state index in [1.807, 2.05) is 4.90 Å². The van der Waals surface area contributed by atoms with Crippen molar-refractivity contribution in [2.75, 3.05) is 19.7 Å². The number of nitrogens with zero attached hydrogens (tertiary/aromatic N) is 1. The SMILES string of the molecule is CCCCCC(=O)N(CC/C=C\C/C=C\C/C=C\CCCC(=O)NCC(O)CO)C(C)C. The zero-order chi connectivity index (χ0) is 24.0. The van der Waals surface area contributed by atoms with E-state index < -0.39 is 6.10 Å². The van der Waals surface area contributed by atoms with Gasteiger partial charge in [0.2, 0.25) is 11.8 Å². The quantitative estimate of drug-likeness (QED) is 0.202. The van der Waals surface area contributed by atoms with E-state index in [9.17, 15) is 14.7 Å². The number of allylic oxidation sites excluding steroid dienone is 5. The molecular formula is C26H46N2O4. The highest BCUT2D eigenvalue weighted by Gasteiger charge is 2.15. The molecular weight excluding hydrogens is 404 g/mol. The van der Waals surface area contributed by atoms with Crippen LogP contribution in [-0.2, 0) is 9.59 Å². The Morgan fingerprint density at radius 2 is 1.53 bits per heavy atom. The molecule has 0 radical (unpaired) electrons. The van der Waals surface area contributed by atoms with Crippen LogP contribution >= 0.6 is 0 Å². The van der Waals surface area contributed by atoms with Gasteiger partial charge in [-0.2, -0.15) is 0 Å². The average molecular weight is 451 g/mol. The molecule has 0 fully saturated rings. The first-order chi connectivity index (χ1) is 15.4. The summed E-state index contributed by atoms with van der Waals surface area (Å²) in [7, 11) is 0. The van der Waals surface area contributed by atoms with E-state index in [1.165, 1.54) is 0 Å². The Kier molecular flexibility index (Phi) is 19.7. The van der Waals surface area contributed by atoms with Gasteiger partial charge in [-0.05, 0) is 52.4 Å². The first-order valence-corrected chi connectivity index (χ1v) is 12.2. The molecule has 2 amide bonds. The maximum absolute atomic E-state index is 12.3. The molecule has 0 aliphatic heterocycles. The lowest BCUT2D eigenvalue weighted by molar-refractivity contribution is -0.133. The lowest BCUT2D eigenvalue weighted by Gasteiger charge is -2.26. The second-order valence-corrected chi connectivity index (χ2v) is 8.34. The van der Waals surface area contributed by atoms with Crippen LogP contribution < -0.4 is 5.32 Å². The maximum atomic E-state index is 12.3. The number of rotatable bonds is 19. The number of amides is 2. The van der Waals surface area contributed by atoms with Crippen molar-refractivity contribution in [1.29, 1.82) is 0 Å². The van der Waals surface area contributed by atoms with Crippen molar-refractivity contribution in [1.82, 2.24) is 10.2 Å². The zero-order valence-corrected chi connectivity index (χ0v) is 20.5. The smallest absolute Gasteiger partial charge is 0.222 e. The van der Waals surface area contributed by atoms with Gasteiger partial charge in [0.05, 0.1) is 12.7 Å². The highest BCUT2D eigenvalue weighted by molar-refractivity contribution is 5.76.